The Bertz CT molecular complexity index is 434. The van der Waals surface area contributed by atoms with Gasteiger partial charge in [-0.25, -0.2) is 0 Å². The highest BCUT2D eigenvalue weighted by Crippen LogP contribution is 2.15. The Morgan fingerprint density at radius 1 is 0.875 bits per heavy atom. The van der Waals surface area contributed by atoms with Gasteiger partial charge in [-0.05, 0) is 33.6 Å². The highest BCUT2D eigenvalue weighted by Gasteiger charge is 2.25. The molecule has 2 unspecified atom stereocenters. The van der Waals surface area contributed by atoms with Gasteiger partial charge in [0.25, 0.3) is 11.8 Å². The van der Waals surface area contributed by atoms with E-state index in [1.54, 1.807) is 34.9 Å². The van der Waals surface area contributed by atoms with Gasteiger partial charge in [0.1, 0.15) is 12.5 Å². The van der Waals surface area contributed by atoms with Crippen LogP contribution in [0.1, 0.15) is 47.5 Å². The van der Waals surface area contributed by atoms with Crippen LogP contribution in [-0.2, 0) is 19.1 Å². The third kappa shape index (κ3) is 6.45. The molecule has 0 aliphatic rings. The number of rotatable bonds is 10. The van der Waals surface area contributed by atoms with E-state index in [9.17, 15) is 9.59 Å². The lowest BCUT2D eigenvalue weighted by atomic mass is 10.2. The van der Waals surface area contributed by atoms with Crippen molar-refractivity contribution < 1.29 is 19.1 Å². The Morgan fingerprint density at radius 2 is 1.17 bits per heavy atom. The lowest BCUT2D eigenvalue weighted by Gasteiger charge is -2.33. The Morgan fingerprint density at radius 3 is 1.38 bits per heavy atom. The quantitative estimate of drug-likeness (QED) is 0.453. The van der Waals surface area contributed by atoms with Gasteiger partial charge in [-0.1, -0.05) is 27.0 Å². The first-order chi connectivity index (χ1) is 11.1. The second-order valence-corrected chi connectivity index (χ2v) is 5.96. The lowest BCUT2D eigenvalue weighted by molar-refractivity contribution is -0.232. The molecule has 24 heavy (non-hydrogen) atoms. The Kier molecular flexibility index (Phi) is 9.55. The lowest BCUT2D eigenvalue weighted by Crippen LogP contribution is -2.44. The number of likely N-dealkylation sites (N-methyl/N-ethyl adjacent to an activating group) is 2. The number of hydrogen-bond acceptors (Lipinski definition) is 4. The van der Waals surface area contributed by atoms with E-state index in [-0.39, 0.29) is 11.8 Å². The molecular weight excluding hydrogens is 308 g/mol. The number of hydrogen-bond donors (Lipinski definition) is 0. The van der Waals surface area contributed by atoms with Crippen LogP contribution >= 0.6 is 0 Å². The van der Waals surface area contributed by atoms with Crippen molar-refractivity contribution in [2.24, 2.45) is 0 Å². The van der Waals surface area contributed by atoms with E-state index in [2.05, 4.69) is 13.2 Å². The van der Waals surface area contributed by atoms with Crippen molar-refractivity contribution in [2.45, 2.75) is 66.2 Å². The van der Waals surface area contributed by atoms with Crippen LogP contribution in [0.4, 0.5) is 0 Å². The highest BCUT2D eigenvalue weighted by molar-refractivity contribution is 5.92. The molecule has 0 aromatic heterocycles. The number of carbonyl (C=O) groups is 2. The minimum Gasteiger partial charge on any atom is -0.330 e. The number of nitrogens with zero attached hydrogens (tertiary/aromatic N) is 2. The number of ether oxygens (including phenoxy) is 2. The highest BCUT2D eigenvalue weighted by atomic mass is 16.7. The van der Waals surface area contributed by atoms with Crippen molar-refractivity contribution in [2.75, 3.05) is 14.1 Å². The fourth-order valence-electron chi connectivity index (χ4n) is 2.26. The summed E-state index contributed by atoms with van der Waals surface area (Å²) in [5.41, 5.74) is 0.901. The van der Waals surface area contributed by atoms with Crippen molar-refractivity contribution in [3.05, 3.63) is 24.3 Å². The van der Waals surface area contributed by atoms with E-state index >= 15 is 0 Å². The first-order valence-electron chi connectivity index (χ1n) is 8.22. The van der Waals surface area contributed by atoms with Gasteiger partial charge in [0.2, 0.25) is 0 Å². The SMILES string of the molecule is C=C(C)C(=O)N(C)C(CC)OC(C)OC(CC)N(C)C(=O)C(=C)C. The first-order valence-corrected chi connectivity index (χ1v) is 8.22. The molecule has 2 amide bonds. The standard InChI is InChI=1S/C18H32N2O4/c1-10-15(19(8)17(21)12(3)4)23-14(7)24-16(11-2)20(9)18(22)13(5)6/h14-16H,3,5,10-11H2,1-2,4,6-9H3. The zero-order valence-corrected chi connectivity index (χ0v) is 16.1. The third-order valence-corrected chi connectivity index (χ3v) is 3.63. The Balaban J connectivity index is 4.86. The van der Waals surface area contributed by atoms with Crippen LogP contribution in [0.25, 0.3) is 0 Å². The molecule has 0 N–H and O–H groups in total. The molecule has 0 aliphatic heterocycles. The normalized spacial score (nSPS) is 14.5. The molecule has 6 nitrogen and oxygen atoms in total. The summed E-state index contributed by atoms with van der Waals surface area (Å²) in [6.45, 7) is 16.3. The van der Waals surface area contributed by atoms with Crippen molar-refractivity contribution in [1.82, 2.24) is 9.80 Å². The zero-order valence-electron chi connectivity index (χ0n) is 16.1. The molecule has 6 heteroatoms. The molecule has 0 aliphatic carbocycles. The van der Waals surface area contributed by atoms with Gasteiger partial charge >= 0.3 is 0 Å². The maximum atomic E-state index is 12.0. The summed E-state index contributed by atoms with van der Waals surface area (Å²) in [6, 6.07) is 0. The summed E-state index contributed by atoms with van der Waals surface area (Å²) in [4.78, 5) is 27.0. The predicted octanol–water partition coefficient (Wildman–Crippen LogP) is 2.91. The van der Waals surface area contributed by atoms with Gasteiger partial charge in [0.05, 0.1) is 0 Å². The molecule has 0 heterocycles. The van der Waals surface area contributed by atoms with Crippen LogP contribution in [0, 0.1) is 0 Å². The van der Waals surface area contributed by atoms with Crippen molar-refractivity contribution in [3.63, 3.8) is 0 Å². The first kappa shape index (κ1) is 22.3. The predicted molar refractivity (Wildman–Crippen MR) is 95.0 cm³/mol. The van der Waals surface area contributed by atoms with Crippen molar-refractivity contribution in [1.29, 1.82) is 0 Å². The van der Waals surface area contributed by atoms with Gasteiger partial charge in [-0.2, -0.15) is 0 Å². The van der Waals surface area contributed by atoms with E-state index < -0.39 is 18.7 Å². The smallest absolute Gasteiger partial charge is 0.250 e. The van der Waals surface area contributed by atoms with Crippen molar-refractivity contribution in [3.8, 4) is 0 Å². The van der Waals surface area contributed by atoms with E-state index in [1.165, 1.54) is 9.80 Å². The molecule has 2 atom stereocenters. The van der Waals surface area contributed by atoms with E-state index in [0.717, 1.165) is 0 Å². The third-order valence-electron chi connectivity index (χ3n) is 3.63. The molecule has 0 radical (unpaired) electrons. The summed E-state index contributed by atoms with van der Waals surface area (Å²) in [7, 11) is 3.35. The van der Waals surface area contributed by atoms with Gasteiger partial charge in [0, 0.05) is 25.2 Å². The van der Waals surface area contributed by atoms with Crippen LogP contribution in [0.3, 0.4) is 0 Å². The molecule has 0 fully saturated rings. The molecule has 138 valence electrons. The average molecular weight is 340 g/mol. The molecule has 0 spiro atoms. The van der Waals surface area contributed by atoms with Crippen LogP contribution < -0.4 is 0 Å². The van der Waals surface area contributed by atoms with Crippen LogP contribution in [0.2, 0.25) is 0 Å². The number of carbonyl (C=O) groups excluding carboxylic acids is 2. The summed E-state index contributed by atoms with van der Waals surface area (Å²) in [6.07, 6.45) is -0.213. The Hall–Kier alpha value is -1.66. The summed E-state index contributed by atoms with van der Waals surface area (Å²) in [5, 5.41) is 0. The largest absolute Gasteiger partial charge is 0.330 e. The fraction of sp³-hybridized carbons (Fsp3) is 0.667. The average Bonchev–Trinajstić information content (AvgIpc) is 2.54. The summed E-state index contributed by atoms with van der Waals surface area (Å²) >= 11 is 0. The second kappa shape index (κ2) is 10.3. The number of amides is 2. The molecule has 0 aromatic carbocycles. The maximum absolute atomic E-state index is 12.0. The van der Waals surface area contributed by atoms with E-state index in [0.29, 0.717) is 24.0 Å². The fourth-order valence-corrected chi connectivity index (χ4v) is 2.26. The van der Waals surface area contributed by atoms with E-state index in [1.807, 2.05) is 13.8 Å². The Labute approximate surface area is 146 Å². The van der Waals surface area contributed by atoms with Crippen LogP contribution in [0.15, 0.2) is 24.3 Å². The van der Waals surface area contributed by atoms with E-state index in [4.69, 9.17) is 9.47 Å². The van der Waals surface area contributed by atoms with Gasteiger partial charge < -0.3 is 19.3 Å². The molecule has 0 saturated heterocycles. The monoisotopic (exact) mass is 340 g/mol. The zero-order chi connectivity index (χ0) is 19.0. The molecular formula is C18H32N2O4. The van der Waals surface area contributed by atoms with Gasteiger partial charge in [0.15, 0.2) is 6.29 Å². The summed E-state index contributed by atoms with van der Waals surface area (Å²) in [5.74, 6) is -0.341. The molecule has 0 rings (SSSR count). The second-order valence-electron chi connectivity index (χ2n) is 5.96. The summed E-state index contributed by atoms with van der Waals surface area (Å²) < 4.78 is 11.7. The minimum atomic E-state index is -0.583. The minimum absolute atomic E-state index is 0.171. The maximum Gasteiger partial charge on any atom is 0.250 e. The van der Waals surface area contributed by atoms with Crippen molar-refractivity contribution >= 4 is 11.8 Å². The van der Waals surface area contributed by atoms with Gasteiger partial charge in [-0.15, -0.1) is 0 Å². The molecule has 0 bridgehead atoms. The molecule has 0 aromatic rings. The molecule has 0 saturated carbocycles. The van der Waals surface area contributed by atoms with Gasteiger partial charge in [-0.3, -0.25) is 9.59 Å². The van der Waals surface area contributed by atoms with Crippen LogP contribution in [-0.4, -0.2) is 54.5 Å². The van der Waals surface area contributed by atoms with Crippen LogP contribution in [0.5, 0.6) is 0 Å². The topological polar surface area (TPSA) is 59.1 Å².